The van der Waals surface area contributed by atoms with Crippen molar-refractivity contribution in [1.82, 2.24) is 4.98 Å². The first kappa shape index (κ1) is 24.8. The molecule has 34 heavy (non-hydrogen) atoms. The molecule has 8 nitrogen and oxygen atoms in total. The highest BCUT2D eigenvalue weighted by Crippen LogP contribution is 2.29. The number of amides is 1. The number of alkyl halides is 3. The van der Waals surface area contributed by atoms with E-state index in [0.29, 0.717) is 16.8 Å². The predicted octanol–water partition coefficient (Wildman–Crippen LogP) is 4.66. The molecule has 3 aromatic rings. The van der Waals surface area contributed by atoms with Crippen LogP contribution in [0.2, 0.25) is 0 Å². The number of hydrogen-bond acceptors (Lipinski definition) is 6. The third-order valence-corrected chi connectivity index (χ3v) is 5.97. The van der Waals surface area contributed by atoms with Gasteiger partial charge in [-0.15, -0.1) is 13.2 Å². The van der Waals surface area contributed by atoms with Crippen molar-refractivity contribution >= 4 is 27.3 Å². The minimum Gasteiger partial charge on any atom is -0.480 e. The fourth-order valence-corrected chi connectivity index (χ4v) is 4.37. The lowest BCUT2D eigenvalue weighted by Gasteiger charge is -2.15. The van der Waals surface area contributed by atoms with Crippen LogP contribution in [0.25, 0.3) is 0 Å². The minimum absolute atomic E-state index is 0.0170. The van der Waals surface area contributed by atoms with Crippen LogP contribution in [0.1, 0.15) is 21.5 Å². The number of hydrogen-bond donors (Lipinski definition) is 2. The lowest BCUT2D eigenvalue weighted by molar-refractivity contribution is -0.274. The molecule has 0 saturated heterocycles. The number of benzene rings is 2. The van der Waals surface area contributed by atoms with Crippen molar-refractivity contribution in [2.75, 3.05) is 17.1 Å². The van der Waals surface area contributed by atoms with E-state index in [1.807, 2.05) is 0 Å². The highest BCUT2D eigenvalue weighted by atomic mass is 32.2. The maximum atomic E-state index is 13.1. The predicted molar refractivity (Wildman–Crippen MR) is 119 cm³/mol. The summed E-state index contributed by atoms with van der Waals surface area (Å²) in [7, 11) is -2.91. The molecule has 3 rings (SSSR count). The molecule has 180 valence electrons. The summed E-state index contributed by atoms with van der Waals surface area (Å²) in [5.74, 6) is -1.37. The normalized spacial score (nSPS) is 11.6. The largest absolute Gasteiger partial charge is 0.573 e. The lowest BCUT2D eigenvalue weighted by Crippen LogP contribution is -2.18. The molecule has 0 atom stereocenters. The van der Waals surface area contributed by atoms with Crippen molar-refractivity contribution in [3.05, 3.63) is 71.4 Å². The molecule has 2 N–H and O–H groups in total. The lowest BCUT2D eigenvalue weighted by atomic mass is 10.1. The Morgan fingerprint density at radius 3 is 2.21 bits per heavy atom. The Morgan fingerprint density at radius 1 is 1.03 bits per heavy atom. The van der Waals surface area contributed by atoms with E-state index < -0.39 is 28.0 Å². The summed E-state index contributed by atoms with van der Waals surface area (Å²) < 4.78 is 74.4. The smallest absolute Gasteiger partial charge is 0.480 e. The van der Waals surface area contributed by atoms with Gasteiger partial charge in [0.05, 0.1) is 24.7 Å². The van der Waals surface area contributed by atoms with Gasteiger partial charge in [0.1, 0.15) is 5.75 Å². The summed E-state index contributed by atoms with van der Waals surface area (Å²) in [4.78, 5) is 16.1. The molecule has 0 fully saturated rings. The fourth-order valence-electron chi connectivity index (χ4n) is 3.02. The van der Waals surface area contributed by atoms with E-state index in [-0.39, 0.29) is 22.0 Å². The number of carbonyl (C=O) groups excluding carboxylic acids is 1. The molecule has 0 bridgehead atoms. The third-order valence-electron chi connectivity index (χ3n) is 4.63. The molecular weight excluding hydrogens is 475 g/mol. The number of nitrogens with zero attached hydrogens (tertiary/aromatic N) is 1. The van der Waals surface area contributed by atoms with Gasteiger partial charge in [0.25, 0.3) is 15.9 Å². The van der Waals surface area contributed by atoms with Crippen LogP contribution in [0.3, 0.4) is 0 Å². The first-order chi connectivity index (χ1) is 15.9. The van der Waals surface area contributed by atoms with Crippen LogP contribution in [-0.2, 0) is 10.0 Å². The van der Waals surface area contributed by atoms with Gasteiger partial charge >= 0.3 is 6.36 Å². The molecule has 0 aliphatic heterocycles. The Kier molecular flexibility index (Phi) is 7.01. The second-order valence-corrected chi connectivity index (χ2v) is 8.78. The van der Waals surface area contributed by atoms with Gasteiger partial charge in [0, 0.05) is 5.56 Å². The molecule has 0 saturated carbocycles. The topological polar surface area (TPSA) is 107 Å². The van der Waals surface area contributed by atoms with Gasteiger partial charge in [0.2, 0.25) is 5.88 Å². The number of anilines is 2. The third kappa shape index (κ3) is 5.95. The Bertz CT molecular complexity index is 1290. The number of halogens is 3. The molecule has 1 heterocycles. The van der Waals surface area contributed by atoms with Crippen LogP contribution in [0, 0.1) is 13.8 Å². The highest BCUT2D eigenvalue weighted by Gasteiger charge is 2.31. The van der Waals surface area contributed by atoms with Gasteiger partial charge in [0.15, 0.2) is 4.90 Å². The average Bonchev–Trinajstić information content (AvgIpc) is 2.76. The van der Waals surface area contributed by atoms with Crippen LogP contribution in [0.15, 0.2) is 59.6 Å². The van der Waals surface area contributed by atoms with Crippen molar-refractivity contribution < 1.29 is 35.9 Å². The standard InChI is InChI=1S/C22H20F3N3O5S/c1-13-5-4-6-14(2)19(13)28-34(30,31)18-11-16(12-26-21(18)32-3)27-20(29)15-7-9-17(10-8-15)33-22(23,24)25/h4-12,28H,1-3H3,(H,27,29). The molecule has 2 aromatic carbocycles. The Morgan fingerprint density at radius 2 is 1.65 bits per heavy atom. The van der Waals surface area contributed by atoms with Gasteiger partial charge < -0.3 is 14.8 Å². The monoisotopic (exact) mass is 495 g/mol. The molecule has 0 aliphatic carbocycles. The molecular formula is C22H20F3N3O5S. The van der Waals surface area contributed by atoms with Crippen molar-refractivity contribution in [3.63, 3.8) is 0 Å². The molecule has 0 unspecified atom stereocenters. The SMILES string of the molecule is COc1ncc(NC(=O)c2ccc(OC(F)(F)F)cc2)cc1S(=O)(=O)Nc1c(C)cccc1C. The molecule has 0 radical (unpaired) electrons. The number of rotatable bonds is 7. The molecule has 0 aliphatic rings. The van der Waals surface area contributed by atoms with Gasteiger partial charge in [-0.1, -0.05) is 18.2 Å². The van der Waals surface area contributed by atoms with Crippen LogP contribution in [-0.4, -0.2) is 32.8 Å². The zero-order valence-corrected chi connectivity index (χ0v) is 19.0. The van der Waals surface area contributed by atoms with Crippen molar-refractivity contribution in [2.24, 2.45) is 0 Å². The summed E-state index contributed by atoms with van der Waals surface area (Å²) in [6.45, 7) is 3.50. The average molecular weight is 495 g/mol. The second kappa shape index (κ2) is 9.59. The number of aromatic nitrogens is 1. The fraction of sp³-hybridized carbons (Fsp3) is 0.182. The molecule has 1 aromatic heterocycles. The van der Waals surface area contributed by atoms with Crippen LogP contribution < -0.4 is 19.5 Å². The number of ether oxygens (including phenoxy) is 2. The highest BCUT2D eigenvalue weighted by molar-refractivity contribution is 7.92. The number of carbonyl (C=O) groups is 1. The van der Waals surface area contributed by atoms with E-state index in [2.05, 4.69) is 19.8 Å². The van der Waals surface area contributed by atoms with E-state index in [9.17, 15) is 26.4 Å². The summed E-state index contributed by atoms with van der Waals surface area (Å²) in [6.07, 6.45) is -3.67. The summed E-state index contributed by atoms with van der Waals surface area (Å²) in [5, 5.41) is 2.46. The first-order valence-electron chi connectivity index (χ1n) is 9.70. The zero-order chi connectivity index (χ0) is 25.1. The van der Waals surface area contributed by atoms with Crippen LogP contribution in [0.4, 0.5) is 24.5 Å². The number of pyridine rings is 1. The zero-order valence-electron chi connectivity index (χ0n) is 18.2. The van der Waals surface area contributed by atoms with Gasteiger partial charge in [-0.3, -0.25) is 9.52 Å². The molecule has 0 spiro atoms. The Hall–Kier alpha value is -3.80. The number of sulfonamides is 1. The van der Waals surface area contributed by atoms with E-state index in [1.165, 1.54) is 19.4 Å². The molecule has 1 amide bonds. The van der Waals surface area contributed by atoms with E-state index in [1.54, 1.807) is 32.0 Å². The number of para-hydroxylation sites is 1. The van der Waals surface area contributed by atoms with E-state index >= 15 is 0 Å². The van der Waals surface area contributed by atoms with Crippen LogP contribution >= 0.6 is 0 Å². The number of aryl methyl sites for hydroxylation is 2. The maximum Gasteiger partial charge on any atom is 0.573 e. The van der Waals surface area contributed by atoms with E-state index in [0.717, 1.165) is 24.3 Å². The quantitative estimate of drug-likeness (QED) is 0.494. The summed E-state index contributed by atoms with van der Waals surface area (Å²) >= 11 is 0. The van der Waals surface area contributed by atoms with Gasteiger partial charge in [-0.2, -0.15) is 0 Å². The minimum atomic E-state index is -4.86. The maximum absolute atomic E-state index is 13.1. The Balaban J connectivity index is 1.85. The van der Waals surface area contributed by atoms with Crippen molar-refractivity contribution in [3.8, 4) is 11.6 Å². The van der Waals surface area contributed by atoms with E-state index in [4.69, 9.17) is 4.74 Å². The number of methoxy groups -OCH3 is 1. The Labute approximate surface area is 193 Å². The first-order valence-corrected chi connectivity index (χ1v) is 11.2. The van der Waals surface area contributed by atoms with Crippen molar-refractivity contribution in [1.29, 1.82) is 0 Å². The second-order valence-electron chi connectivity index (χ2n) is 7.13. The number of nitrogens with one attached hydrogen (secondary N) is 2. The molecule has 12 heteroatoms. The van der Waals surface area contributed by atoms with Gasteiger partial charge in [-0.25, -0.2) is 13.4 Å². The van der Waals surface area contributed by atoms with Crippen molar-refractivity contribution in [2.45, 2.75) is 25.1 Å². The summed E-state index contributed by atoms with van der Waals surface area (Å²) in [6, 6.07) is 10.7. The van der Waals surface area contributed by atoms with Crippen LogP contribution in [0.5, 0.6) is 11.6 Å². The van der Waals surface area contributed by atoms with Gasteiger partial charge in [-0.05, 0) is 55.3 Å². The summed E-state index contributed by atoms with van der Waals surface area (Å²) in [5.41, 5.74) is 1.86.